The Hall–Kier alpha value is -2.98. The number of nitrogens with two attached hydrogens (primary N) is 1. The fraction of sp³-hybridized carbons (Fsp3) is 0.531. The van der Waals surface area contributed by atoms with Gasteiger partial charge in [0, 0.05) is 36.1 Å². The maximum atomic E-state index is 13.3. The smallest absolute Gasteiger partial charge is 0.367 e. The summed E-state index contributed by atoms with van der Waals surface area (Å²) in [6.07, 6.45) is 5.28. The van der Waals surface area contributed by atoms with Gasteiger partial charge in [0.2, 0.25) is 11.0 Å². The van der Waals surface area contributed by atoms with Gasteiger partial charge in [-0.15, -0.1) is 0 Å². The van der Waals surface area contributed by atoms with Crippen LogP contribution >= 0.6 is 11.5 Å². The first-order valence-corrected chi connectivity index (χ1v) is 15.9. The molecule has 3 aromatic rings. The van der Waals surface area contributed by atoms with Gasteiger partial charge in [0.05, 0.1) is 11.4 Å². The Balaban J connectivity index is 1.71. The van der Waals surface area contributed by atoms with Gasteiger partial charge in [-0.2, -0.15) is 22.5 Å². The molecule has 0 spiro atoms. The monoisotopic (exact) mass is 601 g/mol. The van der Waals surface area contributed by atoms with Gasteiger partial charge in [-0.3, -0.25) is 4.79 Å². The third-order valence-corrected chi connectivity index (χ3v) is 8.33. The number of carbonyl (C=O) groups is 1. The van der Waals surface area contributed by atoms with Gasteiger partial charge >= 0.3 is 6.18 Å². The molecule has 1 aliphatic carbocycles. The molecule has 2 aromatic carbocycles. The van der Waals surface area contributed by atoms with Crippen LogP contribution in [0.3, 0.4) is 0 Å². The van der Waals surface area contributed by atoms with Crippen LogP contribution in [0.4, 0.5) is 29.7 Å². The molecule has 0 bridgehead atoms. The van der Waals surface area contributed by atoms with Crippen molar-refractivity contribution in [3.8, 4) is 11.1 Å². The lowest BCUT2D eigenvalue weighted by molar-refractivity contribution is -0.144. The average Bonchev–Trinajstić information content (AvgIpc) is 3.46. The summed E-state index contributed by atoms with van der Waals surface area (Å²) in [6, 6.07) is 13.9. The van der Waals surface area contributed by atoms with E-state index in [4.69, 9.17) is 5.73 Å². The minimum absolute atomic E-state index is 0.0794. The molecular formula is C32H42F3N5OS. The molecule has 0 amide bonds. The molecule has 0 saturated heterocycles. The number of benzene rings is 2. The number of alkyl halides is 3. The summed E-state index contributed by atoms with van der Waals surface area (Å²) in [5.41, 5.74) is 9.45. The normalized spacial score (nSPS) is 14.4. The molecular weight excluding hydrogens is 559 g/mol. The van der Waals surface area contributed by atoms with E-state index < -0.39 is 12.0 Å². The van der Waals surface area contributed by atoms with Gasteiger partial charge in [-0.05, 0) is 61.4 Å². The highest BCUT2D eigenvalue weighted by atomic mass is 32.1. The van der Waals surface area contributed by atoms with Crippen LogP contribution in [0.2, 0.25) is 0 Å². The largest absolute Gasteiger partial charge is 0.452 e. The molecule has 0 atom stereocenters. The number of unbranched alkanes of at least 4 members (excludes halogenated alkanes) is 3. The van der Waals surface area contributed by atoms with Crippen molar-refractivity contribution in [3.05, 3.63) is 53.9 Å². The van der Waals surface area contributed by atoms with E-state index in [1.165, 1.54) is 6.42 Å². The number of hydrogen-bond acceptors (Lipinski definition) is 7. The molecule has 0 unspecified atom stereocenters. The van der Waals surface area contributed by atoms with E-state index in [9.17, 15) is 18.0 Å². The molecule has 0 radical (unpaired) electrons. The van der Waals surface area contributed by atoms with Gasteiger partial charge in [-0.25, -0.2) is 0 Å². The van der Waals surface area contributed by atoms with Crippen molar-refractivity contribution in [2.75, 3.05) is 23.3 Å². The number of aromatic nitrogens is 2. The molecule has 42 heavy (non-hydrogen) atoms. The van der Waals surface area contributed by atoms with Gasteiger partial charge in [0.1, 0.15) is 0 Å². The Morgan fingerprint density at radius 3 is 2.50 bits per heavy atom. The zero-order valence-corrected chi connectivity index (χ0v) is 25.4. The van der Waals surface area contributed by atoms with Crippen LogP contribution in [0.25, 0.3) is 11.1 Å². The number of rotatable bonds is 14. The van der Waals surface area contributed by atoms with E-state index in [0.29, 0.717) is 47.7 Å². The fourth-order valence-electron chi connectivity index (χ4n) is 5.69. The SMILES string of the molecule is CC(C)CN(c1ccc(-c2ccccc2C(=O)CCCCCCN)cc1Nc1nc(C(F)(F)F)ns1)C1CCCCC1. The lowest BCUT2D eigenvalue weighted by Crippen LogP contribution is -2.39. The first kappa shape index (κ1) is 31.9. The topological polar surface area (TPSA) is 84.1 Å². The Labute approximate surface area is 251 Å². The number of carbonyl (C=O) groups excluding carboxylic acids is 1. The van der Waals surface area contributed by atoms with E-state index in [1.807, 2.05) is 42.5 Å². The van der Waals surface area contributed by atoms with Gasteiger partial charge < -0.3 is 16.0 Å². The summed E-state index contributed by atoms with van der Waals surface area (Å²) in [5, 5.41) is 3.26. The third kappa shape index (κ3) is 8.53. The zero-order chi connectivity index (χ0) is 30.1. The van der Waals surface area contributed by atoms with Crippen LogP contribution in [0.15, 0.2) is 42.5 Å². The van der Waals surface area contributed by atoms with Crippen LogP contribution < -0.4 is 16.0 Å². The van der Waals surface area contributed by atoms with Crippen molar-refractivity contribution in [2.45, 2.75) is 90.3 Å². The summed E-state index contributed by atoms with van der Waals surface area (Å²) < 4.78 is 43.4. The van der Waals surface area contributed by atoms with E-state index in [-0.39, 0.29) is 10.9 Å². The Bertz CT molecular complexity index is 1300. The molecule has 1 aliphatic rings. The van der Waals surface area contributed by atoms with Gasteiger partial charge in [-0.1, -0.05) is 76.3 Å². The number of nitrogens with zero attached hydrogens (tertiary/aromatic N) is 3. The Morgan fingerprint density at radius 2 is 1.81 bits per heavy atom. The quantitative estimate of drug-likeness (QED) is 0.142. The molecule has 6 nitrogen and oxygen atoms in total. The van der Waals surface area contributed by atoms with Crippen molar-refractivity contribution in [1.29, 1.82) is 0 Å². The molecule has 1 aromatic heterocycles. The second kappa shape index (κ2) is 15.0. The number of anilines is 3. The lowest BCUT2D eigenvalue weighted by atomic mass is 9.91. The lowest BCUT2D eigenvalue weighted by Gasteiger charge is -2.38. The summed E-state index contributed by atoms with van der Waals surface area (Å²) in [6.45, 7) is 5.83. The molecule has 0 aliphatic heterocycles. The maximum absolute atomic E-state index is 13.3. The summed E-state index contributed by atoms with van der Waals surface area (Å²) >= 11 is 0.693. The van der Waals surface area contributed by atoms with Crippen molar-refractivity contribution in [1.82, 2.24) is 9.36 Å². The predicted molar refractivity (Wildman–Crippen MR) is 166 cm³/mol. The summed E-state index contributed by atoms with van der Waals surface area (Å²) in [5.74, 6) is -0.679. The highest BCUT2D eigenvalue weighted by Crippen LogP contribution is 2.39. The molecule has 1 heterocycles. The molecule has 10 heteroatoms. The minimum Gasteiger partial charge on any atom is -0.367 e. The van der Waals surface area contributed by atoms with E-state index >= 15 is 0 Å². The molecule has 228 valence electrons. The summed E-state index contributed by atoms with van der Waals surface area (Å²) in [4.78, 5) is 19.4. The number of hydrogen-bond donors (Lipinski definition) is 2. The van der Waals surface area contributed by atoms with Crippen LogP contribution in [-0.4, -0.2) is 34.3 Å². The van der Waals surface area contributed by atoms with Crippen LogP contribution in [0.1, 0.15) is 94.2 Å². The Morgan fingerprint density at radius 1 is 1.07 bits per heavy atom. The minimum atomic E-state index is -4.61. The highest BCUT2D eigenvalue weighted by molar-refractivity contribution is 7.09. The first-order chi connectivity index (χ1) is 20.2. The van der Waals surface area contributed by atoms with E-state index in [1.54, 1.807) is 0 Å². The van der Waals surface area contributed by atoms with Crippen LogP contribution in [-0.2, 0) is 6.18 Å². The fourth-order valence-corrected chi connectivity index (χ4v) is 6.29. The van der Waals surface area contributed by atoms with Crippen molar-refractivity contribution in [2.24, 2.45) is 11.7 Å². The van der Waals surface area contributed by atoms with Crippen LogP contribution in [0, 0.1) is 5.92 Å². The predicted octanol–water partition coefficient (Wildman–Crippen LogP) is 8.85. The zero-order valence-electron chi connectivity index (χ0n) is 24.6. The Kier molecular flexibility index (Phi) is 11.4. The number of halogens is 3. The highest BCUT2D eigenvalue weighted by Gasteiger charge is 2.36. The van der Waals surface area contributed by atoms with Gasteiger partial charge in [0.15, 0.2) is 5.78 Å². The number of ketones is 1. The van der Waals surface area contributed by atoms with Gasteiger partial charge in [0.25, 0.3) is 0 Å². The van der Waals surface area contributed by atoms with Crippen molar-refractivity contribution >= 4 is 33.8 Å². The first-order valence-electron chi connectivity index (χ1n) is 15.1. The molecule has 4 rings (SSSR count). The second-order valence-corrected chi connectivity index (χ2v) is 12.3. The standard InChI is InChI=1S/C32H42F3N5OS/c1-22(2)21-40(24-12-6-5-7-13-24)28-18-17-23(20-27(28)37-31-38-30(39-42-31)32(33,34)35)25-14-9-10-15-26(25)29(41)16-8-3-4-11-19-36/h9-10,14-15,17-18,20,22,24H,3-8,11-13,16,19,21,36H2,1-2H3,(H,37,38,39). The van der Waals surface area contributed by atoms with E-state index in [2.05, 4.69) is 33.4 Å². The molecule has 3 N–H and O–H groups in total. The summed E-state index contributed by atoms with van der Waals surface area (Å²) in [7, 11) is 0. The third-order valence-electron chi connectivity index (χ3n) is 7.70. The number of Topliss-reactive ketones (excluding diaryl/α,β-unsaturated/α-hetero) is 1. The molecule has 1 saturated carbocycles. The van der Waals surface area contributed by atoms with Crippen molar-refractivity contribution in [3.63, 3.8) is 0 Å². The molecule has 1 fully saturated rings. The second-order valence-electron chi connectivity index (χ2n) is 11.5. The number of nitrogens with one attached hydrogen (secondary N) is 1. The van der Waals surface area contributed by atoms with E-state index in [0.717, 1.165) is 74.7 Å². The van der Waals surface area contributed by atoms with Crippen LogP contribution in [0.5, 0.6) is 0 Å². The maximum Gasteiger partial charge on any atom is 0.452 e. The van der Waals surface area contributed by atoms with Crippen molar-refractivity contribution < 1.29 is 18.0 Å². The average molecular weight is 602 g/mol.